The molecule has 0 saturated carbocycles. The van der Waals surface area contributed by atoms with Crippen molar-refractivity contribution in [2.75, 3.05) is 13.2 Å². The Morgan fingerprint density at radius 3 is 2.14 bits per heavy atom. The van der Waals surface area contributed by atoms with Gasteiger partial charge in [-0.25, -0.2) is 0 Å². The molecule has 230 valence electrons. The van der Waals surface area contributed by atoms with Gasteiger partial charge < -0.3 is 79.9 Å². The molecule has 0 spiro atoms. The molecule has 10 atom stereocenters. The average Bonchev–Trinajstić information content (AvgIpc) is 2.95. The molecule has 0 radical (unpaired) electrons. The first-order valence-corrected chi connectivity index (χ1v) is 12.7. The Bertz CT molecular complexity index is 1310. The zero-order valence-electron chi connectivity index (χ0n) is 21.5. The van der Waals surface area contributed by atoms with Crippen LogP contribution >= 0.6 is 0 Å². The molecule has 1 unspecified atom stereocenters. The van der Waals surface area contributed by atoms with Crippen molar-refractivity contribution in [3.63, 3.8) is 0 Å². The van der Waals surface area contributed by atoms with Crippen molar-refractivity contribution in [3.05, 3.63) is 41.2 Å². The molecule has 0 amide bonds. The number of benzene rings is 2. The molecule has 3 aliphatic rings. The summed E-state index contributed by atoms with van der Waals surface area (Å²) in [7, 11) is 0. The molecular weight excluding hydrogens is 568 g/mol. The second-order valence-corrected chi connectivity index (χ2v) is 10.0. The van der Waals surface area contributed by atoms with E-state index in [1.165, 1.54) is 12.1 Å². The number of hydrogen-bond donors (Lipinski definition) is 11. The molecule has 16 heteroatoms. The lowest BCUT2D eigenvalue weighted by molar-refractivity contribution is -0.352. The number of ether oxygens (including phenoxy) is 5. The number of fused-ring (bicyclic) bond motifs is 1. The first kappa shape index (κ1) is 29.9. The van der Waals surface area contributed by atoms with Gasteiger partial charge in [-0.1, -0.05) is 0 Å². The van der Waals surface area contributed by atoms with E-state index in [0.717, 1.165) is 18.2 Å². The third-order valence-electron chi connectivity index (χ3n) is 7.11. The quantitative estimate of drug-likeness (QED) is 0.160. The average molecular weight is 599 g/mol. The Hall–Kier alpha value is -3.58. The highest BCUT2D eigenvalue weighted by Crippen LogP contribution is 2.47. The van der Waals surface area contributed by atoms with E-state index in [-0.39, 0.29) is 28.4 Å². The third-order valence-corrected chi connectivity index (χ3v) is 7.11. The summed E-state index contributed by atoms with van der Waals surface area (Å²) in [5, 5.41) is 112. The van der Waals surface area contributed by atoms with Crippen molar-refractivity contribution < 1.29 is 79.9 Å². The van der Waals surface area contributed by atoms with Gasteiger partial charge in [0, 0.05) is 17.7 Å². The van der Waals surface area contributed by atoms with Crippen molar-refractivity contribution in [2.45, 2.75) is 61.4 Å². The van der Waals surface area contributed by atoms with Crippen LogP contribution in [0.25, 0.3) is 6.08 Å². The molecule has 11 N–H and O–H groups in total. The molecular formula is C26H30O16. The minimum Gasteiger partial charge on any atom is -0.508 e. The summed E-state index contributed by atoms with van der Waals surface area (Å²) in [6.07, 6.45) is -15.0. The van der Waals surface area contributed by atoms with E-state index in [4.69, 9.17) is 23.7 Å². The van der Waals surface area contributed by atoms with E-state index in [1.54, 1.807) is 0 Å². The molecule has 3 aliphatic heterocycles. The topological polar surface area (TPSA) is 269 Å². The summed E-state index contributed by atoms with van der Waals surface area (Å²) < 4.78 is 28.5. The molecule has 3 heterocycles. The van der Waals surface area contributed by atoms with Gasteiger partial charge in [0.15, 0.2) is 35.7 Å². The Morgan fingerprint density at radius 2 is 1.48 bits per heavy atom. The van der Waals surface area contributed by atoms with Gasteiger partial charge in [0.25, 0.3) is 0 Å². The lowest BCUT2D eigenvalue weighted by atomic mass is 9.97. The minimum atomic E-state index is -1.83. The lowest BCUT2D eigenvalue weighted by Crippen LogP contribution is -2.63. The molecule has 2 fully saturated rings. The fraction of sp³-hybridized carbons (Fsp3) is 0.462. The minimum absolute atomic E-state index is 0.00162. The first-order chi connectivity index (χ1) is 19.9. The molecule has 16 nitrogen and oxygen atoms in total. The van der Waals surface area contributed by atoms with Crippen LogP contribution in [0, 0.1) is 0 Å². The summed E-state index contributed by atoms with van der Waals surface area (Å²) >= 11 is 0. The largest absolute Gasteiger partial charge is 0.508 e. The predicted molar refractivity (Wildman–Crippen MR) is 134 cm³/mol. The molecule has 2 saturated heterocycles. The highest BCUT2D eigenvalue weighted by atomic mass is 16.8. The van der Waals surface area contributed by atoms with Gasteiger partial charge in [-0.15, -0.1) is 0 Å². The summed E-state index contributed by atoms with van der Waals surface area (Å²) in [5.74, 6) is -3.33. The monoisotopic (exact) mass is 598 g/mol. The Kier molecular flexibility index (Phi) is 8.26. The van der Waals surface area contributed by atoms with E-state index in [0.29, 0.717) is 0 Å². The van der Waals surface area contributed by atoms with Crippen LogP contribution in [0.4, 0.5) is 0 Å². The number of aromatic hydroxyl groups is 5. The Balaban J connectivity index is 1.53. The van der Waals surface area contributed by atoms with Crippen molar-refractivity contribution in [1.82, 2.24) is 0 Å². The summed E-state index contributed by atoms with van der Waals surface area (Å²) in [4.78, 5) is 0. The van der Waals surface area contributed by atoms with Crippen LogP contribution in [0.2, 0.25) is 0 Å². The van der Waals surface area contributed by atoms with E-state index < -0.39 is 97.6 Å². The number of phenols is 5. The first-order valence-electron chi connectivity index (χ1n) is 12.7. The van der Waals surface area contributed by atoms with Crippen molar-refractivity contribution >= 4 is 6.08 Å². The van der Waals surface area contributed by atoms with Gasteiger partial charge in [-0.3, -0.25) is 0 Å². The number of aliphatic hydroxyl groups is 6. The lowest BCUT2D eigenvalue weighted by Gasteiger charge is -2.45. The molecule has 2 aromatic rings. The summed E-state index contributed by atoms with van der Waals surface area (Å²) in [6.45, 7) is -1.22. The number of rotatable bonds is 6. The standard InChI is InChI=1S/C26H30O16/c27-6-17-20(35)21(36)24(42-25-22(37)19(34)14(32)7-38-25)26(41-17)40-16-5-10-11(29)3-9(28)4-15(10)39-23(16)8-1-12(30)18(33)13(31)2-8/h1-5,14,17,19-37H,6-7H2/t14-,17-,19+,20-,21+,22-,23?,24-,25+,26-/m1/s1. The van der Waals surface area contributed by atoms with Crippen molar-refractivity contribution in [2.24, 2.45) is 0 Å². The van der Waals surface area contributed by atoms with Crippen LogP contribution in [0.3, 0.4) is 0 Å². The Labute approximate surface area is 236 Å². The highest BCUT2D eigenvalue weighted by molar-refractivity contribution is 5.70. The second kappa shape index (κ2) is 11.6. The molecule has 2 aromatic carbocycles. The van der Waals surface area contributed by atoms with Gasteiger partial charge in [-0.2, -0.15) is 0 Å². The SMILES string of the molecule is OC[C@H]1O[C@@H](OC2=Cc3c(O)cc(O)cc3OC2c2cc(O)c(O)c(O)c2)[C@H](O[C@@H]2OC[C@@H](O)[C@H](O)[C@H]2O)[C@@H](O)[C@@H]1O. The van der Waals surface area contributed by atoms with Crippen LogP contribution in [0.5, 0.6) is 34.5 Å². The van der Waals surface area contributed by atoms with Crippen molar-refractivity contribution in [3.8, 4) is 34.5 Å². The fourth-order valence-electron chi connectivity index (χ4n) is 4.83. The van der Waals surface area contributed by atoms with E-state index in [2.05, 4.69) is 0 Å². The van der Waals surface area contributed by atoms with E-state index in [1.807, 2.05) is 0 Å². The maximum Gasteiger partial charge on any atom is 0.229 e. The highest BCUT2D eigenvalue weighted by Gasteiger charge is 2.50. The maximum atomic E-state index is 10.9. The van der Waals surface area contributed by atoms with Gasteiger partial charge >= 0.3 is 0 Å². The van der Waals surface area contributed by atoms with Gasteiger partial charge in [0.05, 0.1) is 18.8 Å². The third kappa shape index (κ3) is 5.47. The predicted octanol–water partition coefficient (Wildman–Crippen LogP) is -2.03. The molecule has 5 rings (SSSR count). The zero-order chi connectivity index (χ0) is 30.5. The Morgan fingerprint density at radius 1 is 0.786 bits per heavy atom. The van der Waals surface area contributed by atoms with Crippen LogP contribution in [-0.4, -0.2) is 125 Å². The van der Waals surface area contributed by atoms with E-state index in [9.17, 15) is 56.2 Å². The smallest absolute Gasteiger partial charge is 0.229 e. The molecule has 0 aromatic heterocycles. The number of hydrogen-bond acceptors (Lipinski definition) is 16. The molecule has 0 bridgehead atoms. The second-order valence-electron chi connectivity index (χ2n) is 10.0. The summed E-state index contributed by atoms with van der Waals surface area (Å²) in [5.41, 5.74) is 0.0141. The van der Waals surface area contributed by atoms with Gasteiger partial charge in [0.1, 0.15) is 59.6 Å². The fourth-order valence-corrected chi connectivity index (χ4v) is 4.83. The van der Waals surface area contributed by atoms with Gasteiger partial charge in [-0.05, 0) is 18.2 Å². The van der Waals surface area contributed by atoms with Crippen LogP contribution < -0.4 is 4.74 Å². The number of phenolic OH excluding ortho intramolecular Hbond substituents is 5. The zero-order valence-corrected chi connectivity index (χ0v) is 21.5. The maximum absolute atomic E-state index is 10.9. The summed E-state index contributed by atoms with van der Waals surface area (Å²) in [6, 6.07) is 4.26. The van der Waals surface area contributed by atoms with Crippen LogP contribution in [0.1, 0.15) is 17.2 Å². The molecule has 0 aliphatic carbocycles. The van der Waals surface area contributed by atoms with E-state index >= 15 is 0 Å². The van der Waals surface area contributed by atoms with Crippen molar-refractivity contribution in [1.29, 1.82) is 0 Å². The van der Waals surface area contributed by atoms with Crippen LogP contribution in [-0.2, 0) is 18.9 Å². The molecule has 42 heavy (non-hydrogen) atoms. The van der Waals surface area contributed by atoms with Gasteiger partial charge in [0.2, 0.25) is 6.29 Å². The number of aliphatic hydroxyl groups excluding tert-OH is 6. The normalized spacial score (nSPS) is 34.7. The van der Waals surface area contributed by atoms with Crippen LogP contribution in [0.15, 0.2) is 30.0 Å².